The molecule has 0 bridgehead atoms. The average Bonchev–Trinajstić information content (AvgIpc) is 3.18. The first-order valence-corrected chi connectivity index (χ1v) is 17.7. The van der Waals surface area contributed by atoms with Crippen LogP contribution in [0.1, 0.15) is 0 Å². The minimum absolute atomic E-state index is 0.0107. The van der Waals surface area contributed by atoms with E-state index in [0.29, 0.717) is 119 Å². The number of nitrogens with zero attached hydrogens (tertiary/aromatic N) is 3. The minimum atomic E-state index is 0.0107. The molecule has 1 heterocycles. The van der Waals surface area contributed by atoms with E-state index in [2.05, 4.69) is 32.7 Å². The van der Waals surface area contributed by atoms with E-state index < -0.39 is 0 Å². The van der Waals surface area contributed by atoms with Crippen molar-refractivity contribution in [1.29, 1.82) is 0 Å². The maximum absolute atomic E-state index is 5.66. The van der Waals surface area contributed by atoms with Gasteiger partial charge in [0, 0.05) is 0 Å². The second-order valence-corrected chi connectivity index (χ2v) is 10.0. The van der Waals surface area contributed by atoms with Gasteiger partial charge in [-0.15, -0.1) is 34.2 Å². The number of terminal acetylenes is 3. The Kier molecular flexibility index (Phi) is 36.7. The van der Waals surface area contributed by atoms with Crippen molar-refractivity contribution in [3.05, 3.63) is 0 Å². The molecule has 0 aromatic carbocycles. The van der Waals surface area contributed by atoms with Crippen molar-refractivity contribution in [3.63, 3.8) is 0 Å². The third-order valence-electron chi connectivity index (χ3n) is 5.85. The molecule has 0 aliphatic rings. The van der Waals surface area contributed by atoms with Crippen LogP contribution in [-0.2, 0) is 56.8 Å². The number of hydrogen-bond acceptors (Lipinski definition) is 18. The third kappa shape index (κ3) is 34.4. The summed E-state index contributed by atoms with van der Waals surface area (Å²) in [5.74, 6) is 7.18. The summed E-state index contributed by atoms with van der Waals surface area (Å²) >= 11 is 0. The van der Waals surface area contributed by atoms with Crippen molar-refractivity contribution in [2.75, 3.05) is 178 Å². The molecule has 18 heteroatoms. The van der Waals surface area contributed by atoms with Gasteiger partial charge in [-0.25, -0.2) is 0 Å². The lowest BCUT2D eigenvalue weighted by Gasteiger charge is -2.11. The fourth-order valence-corrected chi connectivity index (χ4v) is 3.46. The van der Waals surface area contributed by atoms with Gasteiger partial charge in [0.1, 0.15) is 39.6 Å². The molecular formula is C36H57N3O15. The highest BCUT2D eigenvalue weighted by molar-refractivity contribution is 5.09. The van der Waals surface area contributed by atoms with Crippen molar-refractivity contribution in [2.45, 2.75) is 0 Å². The molecule has 0 saturated carbocycles. The Labute approximate surface area is 319 Å². The van der Waals surface area contributed by atoms with Gasteiger partial charge in [-0.2, -0.15) is 0 Å². The van der Waals surface area contributed by atoms with E-state index in [4.69, 9.17) is 90.3 Å². The van der Waals surface area contributed by atoms with Gasteiger partial charge >= 0.3 is 18.0 Å². The molecule has 306 valence electrons. The summed E-state index contributed by atoms with van der Waals surface area (Å²) in [4.78, 5) is 12.6. The average molecular weight is 772 g/mol. The van der Waals surface area contributed by atoms with Crippen LogP contribution in [0.25, 0.3) is 0 Å². The number of ether oxygens (including phenoxy) is 15. The van der Waals surface area contributed by atoms with Gasteiger partial charge in [0.2, 0.25) is 0 Å². The highest BCUT2D eigenvalue weighted by Crippen LogP contribution is 2.15. The van der Waals surface area contributed by atoms with Gasteiger partial charge in [-0.3, -0.25) is 0 Å². The van der Waals surface area contributed by atoms with Crippen LogP contribution < -0.4 is 14.2 Å². The zero-order valence-corrected chi connectivity index (χ0v) is 31.3. The molecule has 0 saturated heterocycles. The Hall–Kier alpha value is -3.39. The second kappa shape index (κ2) is 40.8. The van der Waals surface area contributed by atoms with Gasteiger partial charge < -0.3 is 71.1 Å². The standard InChI is InChI=1S/C36H57N3O15/c1-4-7-40-10-13-43-16-19-46-22-25-49-28-31-52-34-37-35(53-32-29-50-26-23-47-20-17-44-14-11-41-8-5-2)39-36(38-34)54-33-30-51-27-24-48-21-18-45-15-12-42-9-6-3/h1-3H,7-33H2. The van der Waals surface area contributed by atoms with Crippen LogP contribution in [0.3, 0.4) is 0 Å². The maximum Gasteiger partial charge on any atom is 0.325 e. The summed E-state index contributed by atoms with van der Waals surface area (Å²) in [5.41, 5.74) is 0. The smallest absolute Gasteiger partial charge is 0.325 e. The summed E-state index contributed by atoms with van der Waals surface area (Å²) in [6.07, 6.45) is 15.3. The molecule has 54 heavy (non-hydrogen) atoms. The first-order chi connectivity index (χ1) is 26.8. The van der Waals surface area contributed by atoms with E-state index in [9.17, 15) is 0 Å². The fraction of sp³-hybridized carbons (Fsp3) is 0.750. The molecule has 0 radical (unpaired) electrons. The predicted octanol–water partition coefficient (Wildman–Crippen LogP) is 0.107. The normalized spacial score (nSPS) is 10.8. The molecular weight excluding hydrogens is 714 g/mol. The van der Waals surface area contributed by atoms with Crippen LogP contribution in [0.5, 0.6) is 18.0 Å². The van der Waals surface area contributed by atoms with E-state index >= 15 is 0 Å². The molecule has 0 amide bonds. The van der Waals surface area contributed by atoms with Crippen LogP contribution >= 0.6 is 0 Å². The lowest BCUT2D eigenvalue weighted by molar-refractivity contribution is -0.00327. The largest absolute Gasteiger partial charge is 0.461 e. The van der Waals surface area contributed by atoms with E-state index in [1.807, 2.05) is 0 Å². The Balaban J connectivity index is 2.30. The van der Waals surface area contributed by atoms with Crippen molar-refractivity contribution >= 4 is 0 Å². The molecule has 1 rings (SSSR count). The molecule has 0 atom stereocenters. The van der Waals surface area contributed by atoms with Gasteiger partial charge in [-0.1, -0.05) is 17.8 Å². The lowest BCUT2D eigenvalue weighted by Crippen LogP contribution is -2.16. The molecule has 0 aliphatic carbocycles. The van der Waals surface area contributed by atoms with E-state index in [0.717, 1.165) is 0 Å². The predicted molar refractivity (Wildman–Crippen MR) is 193 cm³/mol. The Morgan fingerprint density at radius 2 is 0.426 bits per heavy atom. The first-order valence-electron chi connectivity index (χ1n) is 17.7. The van der Waals surface area contributed by atoms with Crippen LogP contribution in [0.15, 0.2) is 0 Å². The van der Waals surface area contributed by atoms with Crippen molar-refractivity contribution < 1.29 is 71.1 Å². The molecule has 0 unspecified atom stereocenters. The van der Waals surface area contributed by atoms with Crippen LogP contribution in [0.4, 0.5) is 0 Å². The van der Waals surface area contributed by atoms with Crippen molar-refractivity contribution in [2.24, 2.45) is 0 Å². The zero-order chi connectivity index (χ0) is 38.7. The highest BCUT2D eigenvalue weighted by atomic mass is 16.6. The summed E-state index contributed by atoms with van der Waals surface area (Å²) in [6.45, 7) is 9.81. The molecule has 1 aromatic rings. The second-order valence-electron chi connectivity index (χ2n) is 10.0. The number of hydrogen-bond donors (Lipinski definition) is 0. The Morgan fingerprint density at radius 1 is 0.259 bits per heavy atom. The topological polar surface area (TPSA) is 177 Å². The molecule has 0 aliphatic heterocycles. The van der Waals surface area contributed by atoms with Gasteiger partial charge in [0.15, 0.2) is 0 Å². The number of aromatic nitrogens is 3. The van der Waals surface area contributed by atoms with Crippen molar-refractivity contribution in [3.8, 4) is 55.1 Å². The minimum Gasteiger partial charge on any atom is -0.461 e. The van der Waals surface area contributed by atoms with Crippen LogP contribution in [0.2, 0.25) is 0 Å². The monoisotopic (exact) mass is 771 g/mol. The Morgan fingerprint density at radius 3 is 0.611 bits per heavy atom. The highest BCUT2D eigenvalue weighted by Gasteiger charge is 2.11. The molecule has 0 fully saturated rings. The van der Waals surface area contributed by atoms with Gasteiger partial charge in [0.05, 0.1) is 139 Å². The summed E-state index contributed by atoms with van der Waals surface area (Å²) in [7, 11) is 0. The van der Waals surface area contributed by atoms with E-state index in [-0.39, 0.29) is 77.5 Å². The third-order valence-corrected chi connectivity index (χ3v) is 5.85. The molecule has 18 nitrogen and oxygen atoms in total. The number of rotatable bonds is 42. The SMILES string of the molecule is C#CCOCCOCCOCCOCCOc1nc(OCCOCCOCCOCCOCC#C)nc(OCCOCCOCCOCCOCC#C)n1. The molecule has 0 spiro atoms. The summed E-state index contributed by atoms with van der Waals surface area (Å²) in [6, 6.07) is 0.0320. The zero-order valence-electron chi connectivity index (χ0n) is 31.3. The van der Waals surface area contributed by atoms with Crippen LogP contribution in [-0.4, -0.2) is 193 Å². The summed E-state index contributed by atoms with van der Waals surface area (Å²) < 4.78 is 81.5. The fourth-order valence-electron chi connectivity index (χ4n) is 3.46. The lowest BCUT2D eigenvalue weighted by atomic mass is 10.7. The Bertz CT molecular complexity index is 955. The first kappa shape index (κ1) is 48.6. The van der Waals surface area contributed by atoms with Gasteiger partial charge in [0.25, 0.3) is 0 Å². The summed E-state index contributed by atoms with van der Waals surface area (Å²) in [5, 5.41) is 0. The van der Waals surface area contributed by atoms with E-state index in [1.54, 1.807) is 0 Å². The van der Waals surface area contributed by atoms with Crippen molar-refractivity contribution in [1.82, 2.24) is 15.0 Å². The molecule has 0 N–H and O–H groups in total. The van der Waals surface area contributed by atoms with Gasteiger partial charge in [-0.05, 0) is 0 Å². The quantitative estimate of drug-likeness (QED) is 0.0646. The molecule has 1 aromatic heterocycles. The maximum atomic E-state index is 5.66. The van der Waals surface area contributed by atoms with Crippen LogP contribution in [0, 0.1) is 37.0 Å². The van der Waals surface area contributed by atoms with E-state index in [1.165, 1.54) is 0 Å².